The third kappa shape index (κ3) is 5.19. The Hall–Kier alpha value is -2.48. The van der Waals surface area contributed by atoms with Crippen LogP contribution in [0.25, 0.3) is 0 Å². The number of aryl methyl sites for hydroxylation is 2. The van der Waals surface area contributed by atoms with E-state index in [0.717, 1.165) is 21.8 Å². The van der Waals surface area contributed by atoms with Crippen LogP contribution in [0.2, 0.25) is 0 Å². The molecule has 21 heavy (non-hydrogen) atoms. The second-order valence-electron chi connectivity index (χ2n) is 4.67. The lowest BCUT2D eigenvalue weighted by Crippen LogP contribution is -2.36. The van der Waals surface area contributed by atoms with Gasteiger partial charge in [0.1, 0.15) is 12.3 Å². The monoisotopic (exact) mass is 289 g/mol. The quantitative estimate of drug-likeness (QED) is 0.775. The van der Waals surface area contributed by atoms with E-state index in [4.69, 9.17) is 16.3 Å². The average Bonchev–Trinajstić information content (AvgIpc) is 2.41. The molecule has 1 amide bonds. The van der Waals surface area contributed by atoms with Crippen LogP contribution in [-0.2, 0) is 9.59 Å². The van der Waals surface area contributed by atoms with Crippen LogP contribution in [0.15, 0.2) is 18.2 Å². The van der Waals surface area contributed by atoms with Gasteiger partial charge in [-0.3, -0.25) is 9.59 Å². The lowest BCUT2D eigenvalue weighted by atomic mass is 10.1. The molecule has 0 saturated heterocycles. The molecule has 1 aromatic carbocycles. The van der Waals surface area contributed by atoms with Gasteiger partial charge in [0, 0.05) is 0 Å². The van der Waals surface area contributed by atoms with E-state index in [2.05, 4.69) is 5.92 Å². The number of aliphatic carboxylic acids is 1. The fourth-order valence-corrected chi connectivity index (χ4v) is 1.93. The summed E-state index contributed by atoms with van der Waals surface area (Å²) in [5.41, 5.74) is 1.99. The fourth-order valence-electron chi connectivity index (χ4n) is 1.93. The van der Waals surface area contributed by atoms with Gasteiger partial charge in [-0.25, -0.2) is 0 Å². The van der Waals surface area contributed by atoms with Crippen molar-refractivity contribution in [3.63, 3.8) is 0 Å². The number of terminal acetylenes is 1. The second kappa shape index (κ2) is 7.95. The van der Waals surface area contributed by atoms with Gasteiger partial charge in [-0.05, 0) is 25.0 Å². The molecular weight excluding hydrogens is 270 g/mol. The Morgan fingerprint density at radius 2 is 1.95 bits per heavy atom. The molecule has 0 heterocycles. The summed E-state index contributed by atoms with van der Waals surface area (Å²) in [6, 6.07) is 5.79. The highest BCUT2D eigenvalue weighted by Gasteiger charge is 2.16. The first-order valence-corrected chi connectivity index (χ1v) is 6.57. The molecule has 112 valence electrons. The zero-order valence-electron chi connectivity index (χ0n) is 12.3. The summed E-state index contributed by atoms with van der Waals surface area (Å²) < 4.78 is 5.62. The number of carboxylic acid groups (broad SMARTS) is 1. The van der Waals surface area contributed by atoms with Gasteiger partial charge in [0.05, 0.1) is 19.6 Å². The maximum atomic E-state index is 11.9. The highest BCUT2D eigenvalue weighted by molar-refractivity contribution is 5.81. The van der Waals surface area contributed by atoms with E-state index in [-0.39, 0.29) is 25.5 Å². The number of carbonyl (C=O) groups is 2. The largest absolute Gasteiger partial charge is 0.493 e. The third-order valence-corrected chi connectivity index (χ3v) is 2.93. The van der Waals surface area contributed by atoms with Crippen molar-refractivity contribution < 1.29 is 19.4 Å². The van der Waals surface area contributed by atoms with E-state index >= 15 is 0 Å². The first-order chi connectivity index (χ1) is 9.95. The molecule has 1 aromatic rings. The molecule has 0 spiro atoms. The van der Waals surface area contributed by atoms with Crippen molar-refractivity contribution >= 4 is 11.9 Å². The summed E-state index contributed by atoms with van der Waals surface area (Å²) in [4.78, 5) is 23.7. The van der Waals surface area contributed by atoms with Crippen LogP contribution in [0.4, 0.5) is 0 Å². The van der Waals surface area contributed by atoms with Gasteiger partial charge in [0.15, 0.2) is 0 Å². The average molecular weight is 289 g/mol. The van der Waals surface area contributed by atoms with Crippen LogP contribution in [-0.4, -0.2) is 41.6 Å². The molecule has 0 aliphatic heterocycles. The van der Waals surface area contributed by atoms with E-state index in [1.807, 2.05) is 32.0 Å². The van der Waals surface area contributed by atoms with Gasteiger partial charge in [-0.1, -0.05) is 24.1 Å². The molecule has 0 saturated carbocycles. The smallest absolute Gasteiger partial charge is 0.323 e. The molecule has 0 unspecified atom stereocenters. The topological polar surface area (TPSA) is 66.8 Å². The van der Waals surface area contributed by atoms with Crippen LogP contribution in [0.1, 0.15) is 17.5 Å². The maximum Gasteiger partial charge on any atom is 0.323 e. The van der Waals surface area contributed by atoms with Crippen molar-refractivity contribution in [1.29, 1.82) is 0 Å². The minimum Gasteiger partial charge on any atom is -0.493 e. The highest BCUT2D eigenvalue weighted by Crippen LogP contribution is 2.22. The Kier molecular flexibility index (Phi) is 6.28. The van der Waals surface area contributed by atoms with Gasteiger partial charge >= 0.3 is 5.97 Å². The Balaban J connectivity index is 2.56. The molecule has 1 N–H and O–H groups in total. The highest BCUT2D eigenvalue weighted by atomic mass is 16.5. The number of amides is 1. The molecule has 0 aromatic heterocycles. The maximum absolute atomic E-state index is 11.9. The van der Waals surface area contributed by atoms with E-state index in [0.29, 0.717) is 0 Å². The molecule has 0 aliphatic carbocycles. The minimum absolute atomic E-state index is 0.0193. The van der Waals surface area contributed by atoms with Crippen molar-refractivity contribution in [2.24, 2.45) is 0 Å². The molecule has 5 heteroatoms. The summed E-state index contributed by atoms with van der Waals surface area (Å²) in [5, 5.41) is 8.74. The fraction of sp³-hybridized carbons (Fsp3) is 0.375. The van der Waals surface area contributed by atoms with Crippen molar-refractivity contribution in [2.75, 3.05) is 19.7 Å². The number of rotatable bonds is 7. The molecule has 0 aliphatic rings. The van der Waals surface area contributed by atoms with Crippen molar-refractivity contribution in [2.45, 2.75) is 20.3 Å². The lowest BCUT2D eigenvalue weighted by molar-refractivity contribution is -0.144. The van der Waals surface area contributed by atoms with Gasteiger partial charge in [-0.15, -0.1) is 6.42 Å². The SMILES string of the molecule is C#CCN(CC(=O)O)C(=O)CCOc1c(C)cccc1C. The Morgan fingerprint density at radius 3 is 2.48 bits per heavy atom. The van der Waals surface area contributed by atoms with E-state index in [1.54, 1.807) is 0 Å². The zero-order valence-corrected chi connectivity index (χ0v) is 12.3. The van der Waals surface area contributed by atoms with Gasteiger partial charge < -0.3 is 14.7 Å². The molecule has 0 fully saturated rings. The van der Waals surface area contributed by atoms with Gasteiger partial charge in [0.25, 0.3) is 0 Å². The lowest BCUT2D eigenvalue weighted by Gasteiger charge is -2.18. The molecular formula is C16H19NO4. The zero-order chi connectivity index (χ0) is 15.8. The molecule has 5 nitrogen and oxygen atoms in total. The molecule has 1 rings (SSSR count). The molecule has 0 bridgehead atoms. The van der Waals surface area contributed by atoms with E-state index in [1.165, 1.54) is 0 Å². The predicted octanol–water partition coefficient (Wildman–Crippen LogP) is 1.62. The summed E-state index contributed by atoms with van der Waals surface area (Å²) in [6.07, 6.45) is 5.22. The van der Waals surface area contributed by atoms with Crippen LogP contribution in [0.3, 0.4) is 0 Å². The van der Waals surface area contributed by atoms with Crippen molar-refractivity contribution in [3.05, 3.63) is 29.3 Å². The van der Waals surface area contributed by atoms with E-state index < -0.39 is 12.5 Å². The van der Waals surface area contributed by atoms with Crippen molar-refractivity contribution in [1.82, 2.24) is 4.90 Å². The minimum atomic E-state index is -1.09. The van der Waals surface area contributed by atoms with Gasteiger partial charge in [-0.2, -0.15) is 0 Å². The molecule has 0 atom stereocenters. The second-order valence-corrected chi connectivity index (χ2v) is 4.67. The Bertz CT molecular complexity index is 540. The number of hydrogen-bond donors (Lipinski definition) is 1. The predicted molar refractivity (Wildman–Crippen MR) is 79.1 cm³/mol. The normalized spacial score (nSPS) is 9.76. The van der Waals surface area contributed by atoms with Crippen LogP contribution in [0, 0.1) is 26.2 Å². The number of hydrogen-bond acceptors (Lipinski definition) is 3. The summed E-state index contributed by atoms with van der Waals surface area (Å²) in [7, 11) is 0. The first-order valence-electron chi connectivity index (χ1n) is 6.57. The Labute approximate surface area is 124 Å². The standard InChI is InChI=1S/C16H19NO4/c1-4-9-17(11-15(19)20)14(18)8-10-21-16-12(2)6-5-7-13(16)3/h1,5-7H,8-11H2,2-3H3,(H,19,20). The summed E-state index contributed by atoms with van der Waals surface area (Å²) in [5.74, 6) is 1.62. The first kappa shape index (κ1) is 16.6. The Morgan fingerprint density at radius 1 is 1.33 bits per heavy atom. The third-order valence-electron chi connectivity index (χ3n) is 2.93. The van der Waals surface area contributed by atoms with Gasteiger partial charge in [0.2, 0.25) is 5.91 Å². The number of para-hydroxylation sites is 1. The number of nitrogens with zero attached hydrogens (tertiary/aromatic N) is 1. The van der Waals surface area contributed by atoms with Crippen LogP contribution in [0.5, 0.6) is 5.75 Å². The number of carboxylic acids is 1. The summed E-state index contributed by atoms with van der Waals surface area (Å²) in [6.45, 7) is 3.63. The number of carbonyl (C=O) groups excluding carboxylic acids is 1. The van der Waals surface area contributed by atoms with E-state index in [9.17, 15) is 9.59 Å². The number of benzene rings is 1. The van der Waals surface area contributed by atoms with Crippen LogP contribution >= 0.6 is 0 Å². The summed E-state index contributed by atoms with van der Waals surface area (Å²) >= 11 is 0. The van der Waals surface area contributed by atoms with Crippen molar-refractivity contribution in [3.8, 4) is 18.1 Å². The van der Waals surface area contributed by atoms with Crippen LogP contribution < -0.4 is 4.74 Å². The molecule has 0 radical (unpaired) electrons. The number of ether oxygens (including phenoxy) is 1.